The van der Waals surface area contributed by atoms with Crippen molar-refractivity contribution in [3.8, 4) is 11.3 Å². The summed E-state index contributed by atoms with van der Waals surface area (Å²) in [5.74, 6) is 0.112. The molecule has 0 saturated carbocycles. The van der Waals surface area contributed by atoms with E-state index in [0.717, 1.165) is 11.4 Å². The first-order valence-corrected chi connectivity index (χ1v) is 6.50. The summed E-state index contributed by atoms with van der Waals surface area (Å²) >= 11 is 1.57. The molecule has 0 fully saturated rings. The number of nitrogens with zero attached hydrogens (tertiary/aromatic N) is 1. The van der Waals surface area contributed by atoms with Gasteiger partial charge in [-0.1, -0.05) is 19.1 Å². The Bertz CT molecular complexity index is 496. The molecule has 1 unspecified atom stereocenters. The minimum absolute atomic E-state index is 0.226. The first-order valence-electron chi connectivity index (χ1n) is 5.62. The van der Waals surface area contributed by atoms with Crippen LogP contribution in [0, 0.1) is 5.82 Å². The molecule has 0 aliphatic carbocycles. The zero-order chi connectivity index (χ0) is 12.3. The summed E-state index contributed by atoms with van der Waals surface area (Å²) in [5, 5.41) is 2.93. The van der Waals surface area contributed by atoms with Gasteiger partial charge in [0.15, 0.2) is 0 Å². The number of benzene rings is 1. The Morgan fingerprint density at radius 1 is 1.41 bits per heavy atom. The second-order valence-corrected chi connectivity index (χ2v) is 4.92. The molecule has 1 heterocycles. The maximum Gasteiger partial charge on any atom is 0.132 e. The van der Waals surface area contributed by atoms with Crippen molar-refractivity contribution >= 4 is 11.3 Å². The van der Waals surface area contributed by atoms with Crippen LogP contribution in [0.5, 0.6) is 0 Å². The second kappa shape index (κ2) is 5.38. The Balaban J connectivity index is 2.27. The highest BCUT2D eigenvalue weighted by Gasteiger charge is 2.12. The van der Waals surface area contributed by atoms with Crippen LogP contribution in [0.2, 0.25) is 0 Å². The fourth-order valence-electron chi connectivity index (χ4n) is 1.68. The summed E-state index contributed by atoms with van der Waals surface area (Å²) in [6.07, 6.45) is 0.907. The molecular formula is C13H15FN2S. The number of hydrogen-bond acceptors (Lipinski definition) is 3. The Labute approximate surface area is 104 Å². The molecule has 0 spiro atoms. The molecule has 2 nitrogen and oxygen atoms in total. The smallest absolute Gasteiger partial charge is 0.132 e. The fourth-order valence-corrected chi connectivity index (χ4v) is 2.59. The molecule has 1 aromatic heterocycles. The Kier molecular flexibility index (Phi) is 3.86. The van der Waals surface area contributed by atoms with Crippen LogP contribution in [0.4, 0.5) is 4.39 Å². The minimum Gasteiger partial charge on any atom is -0.330 e. The normalized spacial score (nSPS) is 12.6. The molecule has 2 N–H and O–H groups in total. The highest BCUT2D eigenvalue weighted by atomic mass is 32.1. The first kappa shape index (κ1) is 12.2. The maximum atomic E-state index is 13.6. The third kappa shape index (κ3) is 2.70. The van der Waals surface area contributed by atoms with Crippen molar-refractivity contribution in [3.05, 3.63) is 40.5 Å². The molecule has 0 aliphatic rings. The highest BCUT2D eigenvalue weighted by molar-refractivity contribution is 7.10. The average molecular weight is 250 g/mol. The van der Waals surface area contributed by atoms with Gasteiger partial charge < -0.3 is 5.73 Å². The van der Waals surface area contributed by atoms with E-state index in [1.165, 1.54) is 6.07 Å². The predicted molar refractivity (Wildman–Crippen MR) is 69.6 cm³/mol. The van der Waals surface area contributed by atoms with Crippen LogP contribution >= 0.6 is 11.3 Å². The molecule has 1 aromatic carbocycles. The standard InChI is InChI=1S/C13H15FN2S/c1-9(6-7-15)13-16-12(8-17-13)10-4-2-3-5-11(10)14/h2-5,8-9H,6-7,15H2,1H3. The number of hydrogen-bond donors (Lipinski definition) is 1. The molecule has 2 aromatic rings. The fraction of sp³-hybridized carbons (Fsp3) is 0.308. The van der Waals surface area contributed by atoms with E-state index in [0.29, 0.717) is 23.7 Å². The number of rotatable bonds is 4. The van der Waals surface area contributed by atoms with Gasteiger partial charge >= 0.3 is 0 Å². The van der Waals surface area contributed by atoms with E-state index in [4.69, 9.17) is 5.73 Å². The van der Waals surface area contributed by atoms with E-state index in [2.05, 4.69) is 11.9 Å². The summed E-state index contributed by atoms with van der Waals surface area (Å²) in [7, 11) is 0. The first-order chi connectivity index (χ1) is 8.22. The molecule has 2 rings (SSSR count). The van der Waals surface area contributed by atoms with E-state index in [-0.39, 0.29) is 5.82 Å². The summed E-state index contributed by atoms with van der Waals surface area (Å²) in [5.41, 5.74) is 6.81. The van der Waals surface area contributed by atoms with Crippen LogP contribution in [-0.4, -0.2) is 11.5 Å². The van der Waals surface area contributed by atoms with Gasteiger partial charge in [0.25, 0.3) is 0 Å². The van der Waals surface area contributed by atoms with Gasteiger partial charge in [-0.2, -0.15) is 0 Å². The Morgan fingerprint density at radius 3 is 2.88 bits per heavy atom. The van der Waals surface area contributed by atoms with Crippen molar-refractivity contribution in [2.75, 3.05) is 6.54 Å². The molecular weight excluding hydrogens is 235 g/mol. The monoisotopic (exact) mass is 250 g/mol. The zero-order valence-electron chi connectivity index (χ0n) is 9.69. The van der Waals surface area contributed by atoms with Gasteiger partial charge in [-0.15, -0.1) is 11.3 Å². The number of aromatic nitrogens is 1. The topological polar surface area (TPSA) is 38.9 Å². The third-order valence-electron chi connectivity index (χ3n) is 2.69. The van der Waals surface area contributed by atoms with Gasteiger partial charge in [-0.05, 0) is 25.1 Å². The summed E-state index contributed by atoms with van der Waals surface area (Å²) < 4.78 is 13.6. The van der Waals surface area contributed by atoms with Crippen molar-refractivity contribution in [2.24, 2.45) is 5.73 Å². The van der Waals surface area contributed by atoms with Gasteiger partial charge in [0.05, 0.1) is 10.7 Å². The molecule has 0 bridgehead atoms. The van der Waals surface area contributed by atoms with Crippen LogP contribution in [0.3, 0.4) is 0 Å². The van der Waals surface area contributed by atoms with Crippen LogP contribution in [0.1, 0.15) is 24.3 Å². The summed E-state index contributed by atoms with van der Waals surface area (Å²) in [4.78, 5) is 4.48. The van der Waals surface area contributed by atoms with Crippen LogP contribution in [-0.2, 0) is 0 Å². The lowest BCUT2D eigenvalue weighted by molar-refractivity contribution is 0.630. The molecule has 1 atom stereocenters. The minimum atomic E-state index is -0.226. The largest absolute Gasteiger partial charge is 0.330 e. The lowest BCUT2D eigenvalue weighted by Crippen LogP contribution is -2.04. The van der Waals surface area contributed by atoms with Gasteiger partial charge in [-0.25, -0.2) is 9.37 Å². The van der Waals surface area contributed by atoms with Crippen molar-refractivity contribution in [1.29, 1.82) is 0 Å². The number of thiazole rings is 1. The van der Waals surface area contributed by atoms with Crippen molar-refractivity contribution < 1.29 is 4.39 Å². The average Bonchev–Trinajstić information content (AvgIpc) is 2.79. The van der Waals surface area contributed by atoms with Gasteiger partial charge in [0.2, 0.25) is 0 Å². The molecule has 0 aliphatic heterocycles. The highest BCUT2D eigenvalue weighted by Crippen LogP contribution is 2.28. The van der Waals surface area contributed by atoms with E-state index in [9.17, 15) is 4.39 Å². The molecule has 0 saturated heterocycles. The van der Waals surface area contributed by atoms with E-state index >= 15 is 0 Å². The molecule has 4 heteroatoms. The number of halogens is 1. The van der Waals surface area contributed by atoms with E-state index < -0.39 is 0 Å². The quantitative estimate of drug-likeness (QED) is 0.903. The predicted octanol–water partition coefficient (Wildman–Crippen LogP) is 3.40. The van der Waals surface area contributed by atoms with Crippen LogP contribution < -0.4 is 5.73 Å². The van der Waals surface area contributed by atoms with Crippen molar-refractivity contribution in [3.63, 3.8) is 0 Å². The Hall–Kier alpha value is -1.26. The Morgan fingerprint density at radius 2 is 2.18 bits per heavy atom. The molecule has 90 valence electrons. The molecule has 0 amide bonds. The molecule has 17 heavy (non-hydrogen) atoms. The lowest BCUT2D eigenvalue weighted by Gasteiger charge is -2.04. The van der Waals surface area contributed by atoms with Gasteiger partial charge in [0.1, 0.15) is 5.82 Å². The van der Waals surface area contributed by atoms with E-state index in [1.807, 2.05) is 11.4 Å². The van der Waals surface area contributed by atoms with Gasteiger partial charge in [0, 0.05) is 16.9 Å². The SMILES string of the molecule is CC(CCN)c1nc(-c2ccccc2F)cs1. The maximum absolute atomic E-state index is 13.6. The van der Waals surface area contributed by atoms with Gasteiger partial charge in [-0.3, -0.25) is 0 Å². The summed E-state index contributed by atoms with van der Waals surface area (Å²) in [6, 6.07) is 6.71. The third-order valence-corrected chi connectivity index (χ3v) is 3.77. The molecule has 0 radical (unpaired) electrons. The van der Waals surface area contributed by atoms with Crippen LogP contribution in [0.15, 0.2) is 29.6 Å². The number of nitrogens with two attached hydrogens (primary N) is 1. The zero-order valence-corrected chi connectivity index (χ0v) is 10.5. The lowest BCUT2D eigenvalue weighted by atomic mass is 10.1. The summed E-state index contributed by atoms with van der Waals surface area (Å²) in [6.45, 7) is 2.74. The van der Waals surface area contributed by atoms with Crippen molar-refractivity contribution in [2.45, 2.75) is 19.3 Å². The van der Waals surface area contributed by atoms with E-state index in [1.54, 1.807) is 23.5 Å². The van der Waals surface area contributed by atoms with Crippen LogP contribution in [0.25, 0.3) is 11.3 Å². The van der Waals surface area contributed by atoms with Crippen molar-refractivity contribution in [1.82, 2.24) is 4.98 Å². The second-order valence-electron chi connectivity index (χ2n) is 4.03.